The van der Waals surface area contributed by atoms with Gasteiger partial charge in [0.05, 0.1) is 11.4 Å². The van der Waals surface area contributed by atoms with E-state index in [1.54, 1.807) is 17.4 Å². The molecule has 0 atom stereocenters. The van der Waals surface area contributed by atoms with Gasteiger partial charge in [0, 0.05) is 49.9 Å². The summed E-state index contributed by atoms with van der Waals surface area (Å²) in [5, 5.41) is 6.85. The number of carbonyl (C=O) groups excluding carboxylic acids is 2. The van der Waals surface area contributed by atoms with Crippen LogP contribution in [0.15, 0.2) is 60.1 Å². The molecule has 1 aromatic carbocycles. The summed E-state index contributed by atoms with van der Waals surface area (Å²) in [4.78, 5) is 30.5. The number of hydrogen-bond donors (Lipinski definition) is 0. The molecular formula is C27H30N4O2S. The van der Waals surface area contributed by atoms with Crippen LogP contribution in [0.4, 0.5) is 0 Å². The SMILES string of the molecule is O=C(/C=C/c1cn(Cc2ccccc2)nc1-c1cccs1)N1CCC(C(=O)N2CCCC2)CC1. The highest BCUT2D eigenvalue weighted by Crippen LogP contribution is 2.28. The molecule has 0 radical (unpaired) electrons. The maximum Gasteiger partial charge on any atom is 0.246 e. The molecule has 5 rings (SSSR count). The summed E-state index contributed by atoms with van der Waals surface area (Å²) in [7, 11) is 0. The molecule has 0 spiro atoms. The van der Waals surface area contributed by atoms with E-state index in [0.717, 1.165) is 54.9 Å². The summed E-state index contributed by atoms with van der Waals surface area (Å²) >= 11 is 1.64. The zero-order chi connectivity index (χ0) is 23.3. The molecule has 0 N–H and O–H groups in total. The maximum atomic E-state index is 12.9. The Labute approximate surface area is 204 Å². The van der Waals surface area contributed by atoms with Gasteiger partial charge in [-0.25, -0.2) is 0 Å². The van der Waals surface area contributed by atoms with Crippen molar-refractivity contribution in [1.29, 1.82) is 0 Å². The van der Waals surface area contributed by atoms with E-state index < -0.39 is 0 Å². The Bertz CT molecular complexity index is 1140. The van der Waals surface area contributed by atoms with Crippen LogP contribution in [0.25, 0.3) is 16.6 Å². The second-order valence-electron chi connectivity index (χ2n) is 9.06. The van der Waals surface area contributed by atoms with Crippen LogP contribution < -0.4 is 0 Å². The number of nitrogens with zero attached hydrogens (tertiary/aromatic N) is 4. The van der Waals surface area contributed by atoms with Gasteiger partial charge in [0.25, 0.3) is 0 Å². The summed E-state index contributed by atoms with van der Waals surface area (Å²) in [5.74, 6) is 0.347. The molecule has 0 unspecified atom stereocenters. The first-order chi connectivity index (χ1) is 16.7. The third-order valence-electron chi connectivity index (χ3n) is 6.71. The van der Waals surface area contributed by atoms with E-state index in [-0.39, 0.29) is 17.7 Å². The van der Waals surface area contributed by atoms with Crippen LogP contribution in [0.5, 0.6) is 0 Å². The number of thiophene rings is 1. The van der Waals surface area contributed by atoms with E-state index in [4.69, 9.17) is 5.10 Å². The van der Waals surface area contributed by atoms with E-state index in [1.807, 2.05) is 56.4 Å². The van der Waals surface area contributed by atoms with Crippen molar-refractivity contribution in [2.75, 3.05) is 26.2 Å². The van der Waals surface area contributed by atoms with E-state index >= 15 is 0 Å². The van der Waals surface area contributed by atoms with E-state index in [2.05, 4.69) is 18.2 Å². The minimum atomic E-state index is 0.00000968. The molecule has 0 saturated carbocycles. The van der Waals surface area contributed by atoms with Gasteiger partial charge >= 0.3 is 0 Å². The Morgan fingerprint density at radius 3 is 2.44 bits per heavy atom. The number of benzene rings is 1. The highest BCUT2D eigenvalue weighted by molar-refractivity contribution is 7.13. The van der Waals surface area contributed by atoms with Gasteiger partial charge in [0.15, 0.2) is 0 Å². The number of carbonyl (C=O) groups is 2. The summed E-state index contributed by atoms with van der Waals surface area (Å²) < 4.78 is 1.93. The zero-order valence-corrected chi connectivity index (χ0v) is 20.1. The lowest BCUT2D eigenvalue weighted by atomic mass is 9.95. The van der Waals surface area contributed by atoms with Crippen LogP contribution in [-0.4, -0.2) is 57.6 Å². The Morgan fingerprint density at radius 2 is 1.74 bits per heavy atom. The highest BCUT2D eigenvalue weighted by atomic mass is 32.1. The molecule has 2 aliphatic rings. The summed E-state index contributed by atoms with van der Waals surface area (Å²) in [6, 6.07) is 14.3. The number of rotatable bonds is 6. The normalized spacial score (nSPS) is 17.1. The van der Waals surface area contributed by atoms with Crippen molar-refractivity contribution in [2.45, 2.75) is 32.2 Å². The lowest BCUT2D eigenvalue weighted by Gasteiger charge is -2.32. The standard InChI is InChI=1S/C27H30N4O2S/c32-25(29-16-12-22(13-17-29)27(33)30-14-4-5-15-30)11-10-23-20-31(19-21-7-2-1-3-8-21)28-26(23)24-9-6-18-34-24/h1-3,6-11,18,20,22H,4-5,12-17,19H2/b11-10+. The third kappa shape index (κ3) is 5.14. The predicted molar refractivity (Wildman–Crippen MR) is 135 cm³/mol. The van der Waals surface area contributed by atoms with Gasteiger partial charge in [-0.15, -0.1) is 11.3 Å². The number of likely N-dealkylation sites (tertiary alicyclic amines) is 2. The molecule has 2 saturated heterocycles. The smallest absolute Gasteiger partial charge is 0.246 e. The lowest BCUT2D eigenvalue weighted by Crippen LogP contribution is -2.43. The number of amides is 2. The van der Waals surface area contributed by atoms with Gasteiger partial charge in [-0.1, -0.05) is 36.4 Å². The minimum Gasteiger partial charge on any atom is -0.342 e. The molecule has 6 nitrogen and oxygen atoms in total. The Balaban J connectivity index is 1.25. The molecule has 0 aliphatic carbocycles. The van der Waals surface area contributed by atoms with Crippen molar-refractivity contribution in [3.8, 4) is 10.6 Å². The largest absolute Gasteiger partial charge is 0.342 e. The second-order valence-corrected chi connectivity index (χ2v) is 10.0. The molecule has 2 fully saturated rings. The van der Waals surface area contributed by atoms with Crippen LogP contribution >= 0.6 is 11.3 Å². The first-order valence-corrected chi connectivity index (χ1v) is 13.0. The van der Waals surface area contributed by atoms with Crippen molar-refractivity contribution in [3.63, 3.8) is 0 Å². The summed E-state index contributed by atoms with van der Waals surface area (Å²) in [5.41, 5.74) is 3.01. The topological polar surface area (TPSA) is 58.4 Å². The lowest BCUT2D eigenvalue weighted by molar-refractivity contribution is -0.138. The van der Waals surface area contributed by atoms with Gasteiger partial charge in [-0.2, -0.15) is 5.10 Å². The monoisotopic (exact) mass is 474 g/mol. The van der Waals surface area contributed by atoms with Crippen LogP contribution in [0, 0.1) is 5.92 Å². The van der Waals surface area contributed by atoms with Crippen molar-refractivity contribution in [1.82, 2.24) is 19.6 Å². The average molecular weight is 475 g/mol. The molecule has 7 heteroatoms. The fourth-order valence-corrected chi connectivity index (χ4v) is 5.56. The zero-order valence-electron chi connectivity index (χ0n) is 19.3. The van der Waals surface area contributed by atoms with E-state index in [9.17, 15) is 9.59 Å². The van der Waals surface area contributed by atoms with Crippen molar-refractivity contribution in [3.05, 3.63) is 71.2 Å². The molecule has 34 heavy (non-hydrogen) atoms. The quantitative estimate of drug-likeness (QED) is 0.493. The van der Waals surface area contributed by atoms with Crippen LogP contribution in [-0.2, 0) is 16.1 Å². The van der Waals surface area contributed by atoms with Crippen LogP contribution in [0.3, 0.4) is 0 Å². The second kappa shape index (κ2) is 10.4. The van der Waals surface area contributed by atoms with Gasteiger partial charge in [-0.3, -0.25) is 14.3 Å². The summed E-state index contributed by atoms with van der Waals surface area (Å²) in [6.45, 7) is 3.74. The molecule has 0 bridgehead atoms. The fourth-order valence-electron chi connectivity index (χ4n) is 4.82. The first-order valence-electron chi connectivity index (χ1n) is 12.1. The van der Waals surface area contributed by atoms with Gasteiger partial charge < -0.3 is 9.80 Å². The minimum absolute atomic E-state index is 0.00000968. The predicted octanol–water partition coefficient (Wildman–Crippen LogP) is 4.53. The Kier molecular flexibility index (Phi) is 6.90. The molecule has 4 heterocycles. The molecule has 2 aliphatic heterocycles. The van der Waals surface area contributed by atoms with Crippen molar-refractivity contribution >= 4 is 29.2 Å². The molecule has 2 aromatic heterocycles. The molecule has 176 valence electrons. The van der Waals surface area contributed by atoms with Gasteiger partial charge in [-0.05, 0) is 48.8 Å². The third-order valence-corrected chi connectivity index (χ3v) is 7.59. The molecule has 3 aromatic rings. The van der Waals surface area contributed by atoms with E-state index in [0.29, 0.717) is 19.6 Å². The summed E-state index contributed by atoms with van der Waals surface area (Å²) in [6.07, 6.45) is 9.28. The fraction of sp³-hybridized carbons (Fsp3) is 0.370. The Morgan fingerprint density at radius 1 is 0.971 bits per heavy atom. The maximum absolute atomic E-state index is 12.9. The number of piperidine rings is 1. The Hall–Kier alpha value is -3.19. The first kappa shape index (κ1) is 22.6. The average Bonchev–Trinajstić information content (AvgIpc) is 3.65. The van der Waals surface area contributed by atoms with Gasteiger partial charge in [0.2, 0.25) is 11.8 Å². The van der Waals surface area contributed by atoms with Crippen LogP contribution in [0.1, 0.15) is 36.8 Å². The van der Waals surface area contributed by atoms with Crippen molar-refractivity contribution in [2.24, 2.45) is 5.92 Å². The van der Waals surface area contributed by atoms with E-state index in [1.165, 1.54) is 5.56 Å². The number of aromatic nitrogens is 2. The number of hydrogen-bond acceptors (Lipinski definition) is 4. The van der Waals surface area contributed by atoms with Crippen LogP contribution in [0.2, 0.25) is 0 Å². The molecular weight excluding hydrogens is 444 g/mol. The highest BCUT2D eigenvalue weighted by Gasteiger charge is 2.30. The van der Waals surface area contributed by atoms with Gasteiger partial charge in [0.1, 0.15) is 5.69 Å². The van der Waals surface area contributed by atoms with Crippen molar-refractivity contribution < 1.29 is 9.59 Å². The molecule has 2 amide bonds.